The Morgan fingerprint density at radius 2 is 1.55 bits per heavy atom. The van der Waals surface area contributed by atoms with Gasteiger partial charge in [0.15, 0.2) is 0 Å². The highest BCUT2D eigenvalue weighted by molar-refractivity contribution is 6.30. The van der Waals surface area contributed by atoms with Crippen LogP contribution in [0, 0.1) is 0 Å². The number of hydrogen-bond donors (Lipinski definition) is 0. The van der Waals surface area contributed by atoms with Crippen LogP contribution < -0.4 is 9.80 Å². The van der Waals surface area contributed by atoms with E-state index in [9.17, 15) is 4.79 Å². The lowest BCUT2D eigenvalue weighted by Gasteiger charge is -2.35. The highest BCUT2D eigenvalue weighted by Gasteiger charge is 2.22. The summed E-state index contributed by atoms with van der Waals surface area (Å²) in [6, 6.07) is 9.45. The molecule has 3 heterocycles. The van der Waals surface area contributed by atoms with Gasteiger partial charge >= 0.3 is 0 Å². The number of rotatable bonds is 4. The first-order valence-electron chi connectivity index (χ1n) is 9.81. The van der Waals surface area contributed by atoms with E-state index >= 15 is 0 Å². The zero-order valence-electron chi connectivity index (χ0n) is 16.2. The van der Waals surface area contributed by atoms with Crippen LogP contribution in [0.15, 0.2) is 42.7 Å². The van der Waals surface area contributed by atoms with E-state index in [2.05, 4.69) is 19.8 Å². The quantitative estimate of drug-likeness (QED) is 0.717. The molecule has 1 amide bonds. The second-order valence-corrected chi connectivity index (χ2v) is 7.47. The van der Waals surface area contributed by atoms with Crippen LogP contribution in [0.1, 0.15) is 5.56 Å². The summed E-state index contributed by atoms with van der Waals surface area (Å²) in [6.07, 6.45) is 5.07. The fraction of sp³-hybridized carbons (Fsp3) is 0.381. The SMILES string of the molecule is O=C(/C=C/c1ccc(Cl)cc1)N1CCN(c2cc(N3CCOCC3)ncn2)CC1. The summed E-state index contributed by atoms with van der Waals surface area (Å²) < 4.78 is 5.41. The van der Waals surface area contributed by atoms with E-state index in [4.69, 9.17) is 16.3 Å². The van der Waals surface area contributed by atoms with E-state index in [1.54, 1.807) is 12.4 Å². The van der Waals surface area contributed by atoms with Crippen molar-refractivity contribution >= 4 is 35.2 Å². The van der Waals surface area contributed by atoms with Crippen LogP contribution in [-0.2, 0) is 9.53 Å². The largest absolute Gasteiger partial charge is 0.378 e. The Labute approximate surface area is 175 Å². The molecule has 0 unspecified atom stereocenters. The Morgan fingerprint density at radius 3 is 2.21 bits per heavy atom. The molecule has 0 atom stereocenters. The normalized spacial score (nSPS) is 17.8. The van der Waals surface area contributed by atoms with Crippen LogP contribution in [0.2, 0.25) is 5.02 Å². The van der Waals surface area contributed by atoms with Crippen LogP contribution in [-0.4, -0.2) is 73.3 Å². The third kappa shape index (κ3) is 5.05. The van der Waals surface area contributed by atoms with Gasteiger partial charge in [0.2, 0.25) is 5.91 Å². The maximum Gasteiger partial charge on any atom is 0.246 e. The predicted molar refractivity (Wildman–Crippen MR) is 114 cm³/mol. The van der Waals surface area contributed by atoms with Gasteiger partial charge < -0.3 is 19.4 Å². The van der Waals surface area contributed by atoms with Crippen molar-refractivity contribution in [3.63, 3.8) is 0 Å². The van der Waals surface area contributed by atoms with Crippen LogP contribution in [0.4, 0.5) is 11.6 Å². The molecule has 2 aromatic rings. The number of carbonyl (C=O) groups excluding carboxylic acids is 1. The van der Waals surface area contributed by atoms with E-state index in [-0.39, 0.29) is 5.91 Å². The Hall–Kier alpha value is -2.64. The molecule has 4 rings (SSSR count). The molecule has 0 radical (unpaired) electrons. The Bertz CT molecular complexity index is 860. The lowest BCUT2D eigenvalue weighted by Crippen LogP contribution is -2.48. The zero-order valence-corrected chi connectivity index (χ0v) is 17.0. The number of ether oxygens (including phenoxy) is 1. The highest BCUT2D eigenvalue weighted by Crippen LogP contribution is 2.20. The monoisotopic (exact) mass is 413 g/mol. The summed E-state index contributed by atoms with van der Waals surface area (Å²) in [6.45, 7) is 5.98. The summed E-state index contributed by atoms with van der Waals surface area (Å²) in [7, 11) is 0. The summed E-state index contributed by atoms with van der Waals surface area (Å²) in [4.78, 5) is 27.6. The number of anilines is 2. The second-order valence-electron chi connectivity index (χ2n) is 7.03. The minimum Gasteiger partial charge on any atom is -0.378 e. The Balaban J connectivity index is 1.33. The van der Waals surface area contributed by atoms with Crippen LogP contribution >= 0.6 is 11.6 Å². The number of benzene rings is 1. The van der Waals surface area contributed by atoms with Gasteiger partial charge in [-0.15, -0.1) is 0 Å². The number of amides is 1. The van der Waals surface area contributed by atoms with Gasteiger partial charge in [0.1, 0.15) is 18.0 Å². The first kappa shape index (κ1) is 19.7. The average Bonchev–Trinajstić information content (AvgIpc) is 2.79. The molecule has 0 spiro atoms. The molecule has 2 aliphatic rings. The lowest BCUT2D eigenvalue weighted by molar-refractivity contribution is -0.126. The summed E-state index contributed by atoms with van der Waals surface area (Å²) in [5, 5.41) is 0.686. The van der Waals surface area contributed by atoms with Gasteiger partial charge in [-0.05, 0) is 23.8 Å². The van der Waals surface area contributed by atoms with Crippen molar-refractivity contribution in [1.29, 1.82) is 0 Å². The van der Waals surface area contributed by atoms with Crippen molar-refractivity contribution in [2.75, 3.05) is 62.3 Å². The highest BCUT2D eigenvalue weighted by atomic mass is 35.5. The molecule has 7 nitrogen and oxygen atoms in total. The fourth-order valence-corrected chi connectivity index (χ4v) is 3.60. The molecule has 2 saturated heterocycles. The lowest BCUT2D eigenvalue weighted by atomic mass is 10.2. The van der Waals surface area contributed by atoms with Crippen molar-refractivity contribution in [3.05, 3.63) is 53.3 Å². The zero-order chi connectivity index (χ0) is 20.1. The first-order valence-corrected chi connectivity index (χ1v) is 10.2. The minimum absolute atomic E-state index is 0.0243. The number of hydrogen-bond acceptors (Lipinski definition) is 6. The molecular formula is C21H24ClN5O2. The third-order valence-electron chi connectivity index (χ3n) is 5.18. The number of halogens is 1. The van der Waals surface area contributed by atoms with Crippen molar-refractivity contribution in [2.24, 2.45) is 0 Å². The molecule has 0 bridgehead atoms. The summed E-state index contributed by atoms with van der Waals surface area (Å²) in [5.74, 6) is 1.87. The smallest absolute Gasteiger partial charge is 0.246 e. The summed E-state index contributed by atoms with van der Waals surface area (Å²) in [5.41, 5.74) is 0.956. The van der Waals surface area contributed by atoms with E-state index in [1.807, 2.05) is 41.3 Å². The van der Waals surface area contributed by atoms with Gasteiger partial charge in [-0.2, -0.15) is 0 Å². The van der Waals surface area contributed by atoms with Crippen LogP contribution in [0.25, 0.3) is 6.08 Å². The van der Waals surface area contributed by atoms with E-state index in [0.29, 0.717) is 18.1 Å². The van der Waals surface area contributed by atoms with Gasteiger partial charge in [-0.3, -0.25) is 4.79 Å². The van der Waals surface area contributed by atoms with E-state index in [1.165, 1.54) is 0 Å². The molecule has 0 aliphatic carbocycles. The molecule has 1 aromatic heterocycles. The Morgan fingerprint density at radius 1 is 0.931 bits per heavy atom. The topological polar surface area (TPSA) is 61.8 Å². The van der Waals surface area contributed by atoms with Gasteiger partial charge in [0.05, 0.1) is 13.2 Å². The molecule has 0 saturated carbocycles. The number of aromatic nitrogens is 2. The number of nitrogens with zero attached hydrogens (tertiary/aromatic N) is 5. The van der Waals surface area contributed by atoms with Crippen LogP contribution in [0.3, 0.4) is 0 Å². The fourth-order valence-electron chi connectivity index (χ4n) is 3.48. The van der Waals surface area contributed by atoms with Gasteiger partial charge in [0.25, 0.3) is 0 Å². The molecule has 2 aliphatic heterocycles. The summed E-state index contributed by atoms with van der Waals surface area (Å²) >= 11 is 5.89. The standard InChI is InChI=1S/C21H24ClN5O2/c22-18-4-1-17(2-5-18)3-6-21(28)27-9-7-25(8-10-27)19-15-20(24-16-23-19)26-11-13-29-14-12-26/h1-6,15-16H,7-14H2/b6-3+. The first-order chi connectivity index (χ1) is 14.2. The molecule has 152 valence electrons. The van der Waals surface area contributed by atoms with Crippen molar-refractivity contribution in [2.45, 2.75) is 0 Å². The molecular weight excluding hydrogens is 390 g/mol. The second kappa shape index (κ2) is 9.24. The average molecular weight is 414 g/mol. The van der Waals surface area contributed by atoms with E-state index < -0.39 is 0 Å². The molecule has 8 heteroatoms. The number of morpholine rings is 1. The molecule has 2 fully saturated rings. The van der Waals surface area contributed by atoms with Crippen LogP contribution in [0.5, 0.6) is 0 Å². The Kier molecular flexibility index (Phi) is 6.27. The number of piperazine rings is 1. The number of carbonyl (C=O) groups is 1. The van der Waals surface area contributed by atoms with Gasteiger partial charge in [-0.25, -0.2) is 9.97 Å². The molecule has 1 aromatic carbocycles. The minimum atomic E-state index is 0.0243. The predicted octanol–water partition coefficient (Wildman–Crippen LogP) is 2.33. The van der Waals surface area contributed by atoms with E-state index in [0.717, 1.165) is 56.6 Å². The maximum absolute atomic E-state index is 12.5. The molecule has 29 heavy (non-hydrogen) atoms. The van der Waals surface area contributed by atoms with Crippen molar-refractivity contribution in [3.8, 4) is 0 Å². The van der Waals surface area contributed by atoms with Gasteiger partial charge in [0, 0.05) is 56.4 Å². The third-order valence-corrected chi connectivity index (χ3v) is 5.43. The molecule has 0 N–H and O–H groups in total. The van der Waals surface area contributed by atoms with Crippen molar-refractivity contribution < 1.29 is 9.53 Å². The maximum atomic E-state index is 12.5. The van der Waals surface area contributed by atoms with Gasteiger partial charge in [-0.1, -0.05) is 23.7 Å². The van der Waals surface area contributed by atoms with Crippen molar-refractivity contribution in [1.82, 2.24) is 14.9 Å².